The van der Waals surface area contributed by atoms with Crippen LogP contribution in [-0.2, 0) is 17.9 Å². The van der Waals surface area contributed by atoms with Crippen LogP contribution in [0.25, 0.3) is 11.0 Å². The molecular formula is C26H24N4O4. The third-order valence-corrected chi connectivity index (χ3v) is 5.66. The monoisotopic (exact) mass is 456 g/mol. The summed E-state index contributed by atoms with van der Waals surface area (Å²) >= 11 is 0. The Morgan fingerprint density at radius 1 is 0.971 bits per heavy atom. The number of hydrogen-bond donors (Lipinski definition) is 2. The Labute approximate surface area is 196 Å². The minimum atomic E-state index is -0.216. The smallest absolute Gasteiger partial charge is 0.251 e. The Balaban J connectivity index is 1.34. The first-order valence-corrected chi connectivity index (χ1v) is 11.1. The Hall–Kier alpha value is -4.33. The normalized spacial score (nSPS) is 12.4. The fourth-order valence-electron chi connectivity index (χ4n) is 3.98. The van der Waals surface area contributed by atoms with Crippen LogP contribution in [0.4, 0.5) is 5.69 Å². The number of nitrogens with zero attached hydrogens (tertiary/aromatic N) is 2. The number of carbonyl (C=O) groups excluding carboxylic acids is 2. The number of rotatable bonds is 6. The molecule has 3 aromatic carbocycles. The second kappa shape index (κ2) is 9.27. The minimum Gasteiger partial charge on any atom is -0.486 e. The molecule has 0 aliphatic carbocycles. The number of hydrogen-bond acceptors (Lipinski definition) is 5. The highest BCUT2D eigenvalue weighted by Gasteiger charge is 2.17. The zero-order chi connectivity index (χ0) is 23.5. The van der Waals surface area contributed by atoms with Crippen molar-refractivity contribution in [3.8, 4) is 11.5 Å². The summed E-state index contributed by atoms with van der Waals surface area (Å²) in [7, 11) is 0. The van der Waals surface area contributed by atoms with Gasteiger partial charge in [-0.25, -0.2) is 4.98 Å². The molecule has 2 heterocycles. The van der Waals surface area contributed by atoms with Crippen molar-refractivity contribution >= 4 is 28.5 Å². The largest absolute Gasteiger partial charge is 0.486 e. The Morgan fingerprint density at radius 3 is 2.59 bits per heavy atom. The topological polar surface area (TPSA) is 94.5 Å². The van der Waals surface area contributed by atoms with E-state index in [1.165, 1.54) is 0 Å². The number of nitrogens with one attached hydrogen (secondary N) is 2. The average molecular weight is 457 g/mol. The number of benzene rings is 3. The first-order valence-electron chi connectivity index (χ1n) is 11.1. The standard InChI is InChI=1S/C26H24N4O4/c1-17-6-2-3-7-19(17)26(32)27-15-24-29-20-8-4-5-9-21(20)30(24)16-25(31)28-18-10-11-22-23(14-18)34-13-12-33-22/h2-11,14H,12-13,15-16H2,1H3,(H,27,32)(H,28,31). The molecule has 0 atom stereocenters. The minimum absolute atomic E-state index is 0.0462. The van der Waals surface area contributed by atoms with Crippen molar-refractivity contribution in [3.05, 3.63) is 83.7 Å². The van der Waals surface area contributed by atoms with Crippen LogP contribution in [0.2, 0.25) is 0 Å². The van der Waals surface area contributed by atoms with Gasteiger partial charge in [0.2, 0.25) is 5.91 Å². The summed E-state index contributed by atoms with van der Waals surface area (Å²) in [6.45, 7) is 3.12. The molecular weight excluding hydrogens is 432 g/mol. The van der Waals surface area contributed by atoms with Gasteiger partial charge in [0.1, 0.15) is 25.6 Å². The lowest BCUT2D eigenvalue weighted by Gasteiger charge is -2.19. The lowest BCUT2D eigenvalue weighted by atomic mass is 10.1. The maximum absolute atomic E-state index is 12.9. The number of ether oxygens (including phenoxy) is 2. The molecule has 4 aromatic rings. The summed E-state index contributed by atoms with van der Waals surface area (Å²) < 4.78 is 12.9. The van der Waals surface area contributed by atoms with Gasteiger partial charge < -0.3 is 24.7 Å². The van der Waals surface area contributed by atoms with Gasteiger partial charge in [-0.3, -0.25) is 9.59 Å². The molecule has 0 saturated carbocycles. The molecule has 0 unspecified atom stereocenters. The molecule has 1 aliphatic heterocycles. The molecule has 1 aromatic heterocycles. The van der Waals surface area contributed by atoms with E-state index in [0.717, 1.165) is 16.6 Å². The van der Waals surface area contributed by atoms with Crippen molar-refractivity contribution in [1.29, 1.82) is 0 Å². The summed E-state index contributed by atoms with van der Waals surface area (Å²) in [5, 5.41) is 5.84. The van der Waals surface area contributed by atoms with E-state index in [1.54, 1.807) is 24.3 Å². The molecule has 172 valence electrons. The second-order valence-corrected chi connectivity index (χ2v) is 8.01. The molecule has 0 fully saturated rings. The summed E-state index contributed by atoms with van der Waals surface area (Å²) in [4.78, 5) is 30.3. The molecule has 8 heteroatoms. The molecule has 2 N–H and O–H groups in total. The maximum Gasteiger partial charge on any atom is 0.251 e. The van der Waals surface area contributed by atoms with E-state index in [4.69, 9.17) is 9.47 Å². The van der Waals surface area contributed by atoms with Gasteiger partial charge in [-0.05, 0) is 42.8 Å². The molecule has 0 radical (unpaired) electrons. The van der Waals surface area contributed by atoms with Gasteiger partial charge in [-0.15, -0.1) is 0 Å². The third-order valence-electron chi connectivity index (χ3n) is 5.66. The summed E-state index contributed by atoms with van der Waals surface area (Å²) in [6, 6.07) is 20.3. The number of amides is 2. The number of anilines is 1. The van der Waals surface area contributed by atoms with Crippen LogP contribution in [0.15, 0.2) is 66.7 Å². The highest BCUT2D eigenvalue weighted by Crippen LogP contribution is 2.32. The van der Waals surface area contributed by atoms with E-state index in [9.17, 15) is 9.59 Å². The van der Waals surface area contributed by atoms with Gasteiger partial charge >= 0.3 is 0 Å². The van der Waals surface area contributed by atoms with Crippen LogP contribution in [0.5, 0.6) is 11.5 Å². The second-order valence-electron chi connectivity index (χ2n) is 8.01. The van der Waals surface area contributed by atoms with Crippen LogP contribution in [0.1, 0.15) is 21.7 Å². The van der Waals surface area contributed by atoms with Crippen LogP contribution < -0.4 is 20.1 Å². The molecule has 8 nitrogen and oxygen atoms in total. The quantitative estimate of drug-likeness (QED) is 0.462. The zero-order valence-corrected chi connectivity index (χ0v) is 18.7. The van der Waals surface area contributed by atoms with Gasteiger partial charge in [-0.2, -0.15) is 0 Å². The van der Waals surface area contributed by atoms with E-state index in [0.29, 0.717) is 41.8 Å². The molecule has 2 amide bonds. The predicted octanol–water partition coefficient (Wildman–Crippen LogP) is 3.68. The number of para-hydroxylation sites is 2. The Bertz CT molecular complexity index is 1380. The Morgan fingerprint density at radius 2 is 1.74 bits per heavy atom. The van der Waals surface area contributed by atoms with Crippen molar-refractivity contribution in [3.63, 3.8) is 0 Å². The van der Waals surface area contributed by atoms with E-state index in [2.05, 4.69) is 15.6 Å². The summed E-state index contributed by atoms with van der Waals surface area (Å²) in [5.74, 6) is 1.47. The van der Waals surface area contributed by atoms with Crippen molar-refractivity contribution < 1.29 is 19.1 Å². The Kier molecular flexibility index (Phi) is 5.86. The number of imidazole rings is 1. The first-order chi connectivity index (χ1) is 16.6. The number of aryl methyl sites for hydroxylation is 1. The van der Waals surface area contributed by atoms with Gasteiger partial charge in [0, 0.05) is 17.3 Å². The highest BCUT2D eigenvalue weighted by molar-refractivity contribution is 5.95. The molecule has 5 rings (SSSR count). The van der Waals surface area contributed by atoms with Crippen LogP contribution >= 0.6 is 0 Å². The van der Waals surface area contributed by atoms with Crippen molar-refractivity contribution in [1.82, 2.24) is 14.9 Å². The van der Waals surface area contributed by atoms with Crippen LogP contribution in [-0.4, -0.2) is 34.6 Å². The van der Waals surface area contributed by atoms with Crippen LogP contribution in [0, 0.1) is 6.92 Å². The lowest BCUT2D eigenvalue weighted by Crippen LogP contribution is -2.27. The number of carbonyl (C=O) groups is 2. The zero-order valence-electron chi connectivity index (χ0n) is 18.7. The lowest BCUT2D eigenvalue weighted by molar-refractivity contribution is -0.116. The fraction of sp³-hybridized carbons (Fsp3) is 0.192. The maximum atomic E-state index is 12.9. The first kappa shape index (κ1) is 21.5. The van der Waals surface area contributed by atoms with Crippen molar-refractivity contribution in [2.45, 2.75) is 20.0 Å². The van der Waals surface area contributed by atoms with Gasteiger partial charge in [0.25, 0.3) is 5.91 Å². The average Bonchev–Trinajstić information content (AvgIpc) is 3.20. The molecule has 34 heavy (non-hydrogen) atoms. The predicted molar refractivity (Wildman–Crippen MR) is 128 cm³/mol. The number of fused-ring (bicyclic) bond motifs is 2. The van der Waals surface area contributed by atoms with Crippen molar-refractivity contribution in [2.75, 3.05) is 18.5 Å². The van der Waals surface area contributed by atoms with E-state index >= 15 is 0 Å². The summed E-state index contributed by atoms with van der Waals surface area (Å²) in [5.41, 5.74) is 3.71. The molecule has 0 saturated heterocycles. The highest BCUT2D eigenvalue weighted by atomic mass is 16.6. The van der Waals surface area contributed by atoms with Crippen LogP contribution in [0.3, 0.4) is 0 Å². The van der Waals surface area contributed by atoms with E-state index in [1.807, 2.05) is 54.0 Å². The summed E-state index contributed by atoms with van der Waals surface area (Å²) in [6.07, 6.45) is 0. The third kappa shape index (κ3) is 4.43. The van der Waals surface area contributed by atoms with E-state index < -0.39 is 0 Å². The molecule has 1 aliphatic rings. The molecule has 0 spiro atoms. The van der Waals surface area contributed by atoms with Gasteiger partial charge in [0.05, 0.1) is 17.6 Å². The van der Waals surface area contributed by atoms with Gasteiger partial charge in [0.15, 0.2) is 11.5 Å². The molecule has 0 bridgehead atoms. The SMILES string of the molecule is Cc1ccccc1C(=O)NCc1nc2ccccc2n1CC(=O)Nc1ccc2c(c1)OCCO2. The van der Waals surface area contributed by atoms with E-state index in [-0.39, 0.29) is 24.9 Å². The fourth-order valence-corrected chi connectivity index (χ4v) is 3.98. The van der Waals surface area contributed by atoms with Crippen molar-refractivity contribution in [2.24, 2.45) is 0 Å². The van der Waals surface area contributed by atoms with Gasteiger partial charge in [-0.1, -0.05) is 30.3 Å². The number of aromatic nitrogens is 2.